The predicted molar refractivity (Wildman–Crippen MR) is 69.8 cm³/mol. The second kappa shape index (κ2) is 4.04. The highest BCUT2D eigenvalue weighted by atomic mass is 19.1. The van der Waals surface area contributed by atoms with Gasteiger partial charge in [0, 0.05) is 12.0 Å². The van der Waals surface area contributed by atoms with Crippen molar-refractivity contribution in [1.29, 1.82) is 0 Å². The standard InChI is InChI=1S/C15H14F2N2O/c16-8-4-7(5-9(17)6-8)12-14(20-19-15(12)18)13-10-2-1-3-11(10)13/h4-6,10-11,13H,1-3H2,(H2,18,19). The molecule has 104 valence electrons. The molecule has 2 fully saturated rings. The van der Waals surface area contributed by atoms with Crippen LogP contribution in [0.4, 0.5) is 14.6 Å². The van der Waals surface area contributed by atoms with Crippen molar-refractivity contribution in [2.45, 2.75) is 25.2 Å². The highest BCUT2D eigenvalue weighted by Gasteiger charge is 2.56. The Morgan fingerprint density at radius 3 is 2.40 bits per heavy atom. The van der Waals surface area contributed by atoms with E-state index < -0.39 is 11.6 Å². The Bertz CT molecular complexity index is 652. The van der Waals surface area contributed by atoms with E-state index in [9.17, 15) is 8.78 Å². The third-order valence-corrected chi connectivity index (χ3v) is 4.61. The van der Waals surface area contributed by atoms with Gasteiger partial charge in [-0.05, 0) is 42.4 Å². The average Bonchev–Trinajstić information content (AvgIpc) is 2.75. The van der Waals surface area contributed by atoms with Gasteiger partial charge in [0.2, 0.25) is 0 Å². The number of nitrogens with zero attached hydrogens (tertiary/aromatic N) is 1. The molecule has 0 radical (unpaired) electrons. The van der Waals surface area contributed by atoms with E-state index in [0.29, 0.717) is 34.6 Å². The fraction of sp³-hybridized carbons (Fsp3) is 0.400. The number of hydrogen-bond donors (Lipinski definition) is 1. The summed E-state index contributed by atoms with van der Waals surface area (Å²) < 4.78 is 32.2. The first-order chi connectivity index (χ1) is 9.65. The number of benzene rings is 1. The van der Waals surface area contributed by atoms with E-state index in [0.717, 1.165) is 6.07 Å². The van der Waals surface area contributed by atoms with Gasteiger partial charge in [0.15, 0.2) is 5.82 Å². The van der Waals surface area contributed by atoms with Crippen molar-refractivity contribution in [2.75, 3.05) is 5.73 Å². The number of nitrogens with two attached hydrogens (primary N) is 1. The molecule has 2 N–H and O–H groups in total. The van der Waals surface area contributed by atoms with Crippen LogP contribution in [0.3, 0.4) is 0 Å². The van der Waals surface area contributed by atoms with Gasteiger partial charge in [0.1, 0.15) is 17.4 Å². The van der Waals surface area contributed by atoms with Crippen LogP contribution in [0.25, 0.3) is 11.1 Å². The van der Waals surface area contributed by atoms with Crippen LogP contribution < -0.4 is 5.73 Å². The first-order valence-corrected chi connectivity index (χ1v) is 6.86. The topological polar surface area (TPSA) is 52.0 Å². The van der Waals surface area contributed by atoms with Gasteiger partial charge < -0.3 is 10.3 Å². The molecule has 5 heteroatoms. The fourth-order valence-corrected chi connectivity index (χ4v) is 3.74. The lowest BCUT2D eigenvalue weighted by Gasteiger charge is -2.05. The molecule has 2 aliphatic rings. The molecule has 0 spiro atoms. The Kier molecular flexibility index (Phi) is 2.40. The summed E-state index contributed by atoms with van der Waals surface area (Å²) in [5.41, 5.74) is 6.80. The van der Waals surface area contributed by atoms with E-state index in [1.165, 1.54) is 31.4 Å². The lowest BCUT2D eigenvalue weighted by molar-refractivity contribution is 0.376. The first-order valence-electron chi connectivity index (χ1n) is 6.86. The van der Waals surface area contributed by atoms with E-state index in [4.69, 9.17) is 10.3 Å². The van der Waals surface area contributed by atoms with Gasteiger partial charge in [0.05, 0.1) is 5.56 Å². The van der Waals surface area contributed by atoms with Gasteiger partial charge in [0.25, 0.3) is 0 Å². The SMILES string of the molecule is Nc1noc(C2C3CCCC32)c1-c1cc(F)cc(F)c1. The monoisotopic (exact) mass is 276 g/mol. The van der Waals surface area contributed by atoms with Crippen LogP contribution in [0.5, 0.6) is 0 Å². The molecule has 20 heavy (non-hydrogen) atoms. The summed E-state index contributed by atoms with van der Waals surface area (Å²) in [4.78, 5) is 0. The van der Waals surface area contributed by atoms with Crippen LogP contribution in [0, 0.1) is 23.5 Å². The zero-order chi connectivity index (χ0) is 13.9. The van der Waals surface area contributed by atoms with Crippen molar-refractivity contribution in [1.82, 2.24) is 5.16 Å². The molecule has 2 unspecified atom stereocenters. The summed E-state index contributed by atoms with van der Waals surface area (Å²) in [6.07, 6.45) is 3.62. The number of anilines is 1. The molecule has 3 nitrogen and oxygen atoms in total. The number of rotatable bonds is 2. The zero-order valence-corrected chi connectivity index (χ0v) is 10.8. The summed E-state index contributed by atoms with van der Waals surface area (Å²) >= 11 is 0. The van der Waals surface area contributed by atoms with E-state index in [1.807, 2.05) is 0 Å². The smallest absolute Gasteiger partial charge is 0.175 e. The van der Waals surface area contributed by atoms with Crippen LogP contribution in [0.1, 0.15) is 30.9 Å². The summed E-state index contributed by atoms with van der Waals surface area (Å²) in [6, 6.07) is 3.39. The minimum absolute atomic E-state index is 0.204. The molecular formula is C15H14F2N2O. The Hall–Kier alpha value is -1.91. The summed E-state index contributed by atoms with van der Waals surface area (Å²) in [7, 11) is 0. The Balaban J connectivity index is 1.80. The number of aromatic nitrogens is 1. The van der Waals surface area contributed by atoms with E-state index >= 15 is 0 Å². The van der Waals surface area contributed by atoms with Crippen molar-refractivity contribution in [2.24, 2.45) is 11.8 Å². The molecule has 0 saturated heterocycles. The molecule has 2 atom stereocenters. The molecule has 2 aromatic rings. The molecule has 1 aromatic heterocycles. The maximum absolute atomic E-state index is 13.4. The Morgan fingerprint density at radius 1 is 1.10 bits per heavy atom. The molecular weight excluding hydrogens is 262 g/mol. The van der Waals surface area contributed by atoms with Crippen LogP contribution in [-0.4, -0.2) is 5.16 Å². The predicted octanol–water partition coefficient (Wildman–Crippen LogP) is 3.72. The van der Waals surface area contributed by atoms with Crippen molar-refractivity contribution < 1.29 is 13.3 Å². The van der Waals surface area contributed by atoms with Crippen molar-refractivity contribution in [3.05, 3.63) is 35.6 Å². The van der Waals surface area contributed by atoms with Crippen LogP contribution in [0.15, 0.2) is 22.7 Å². The molecule has 0 aliphatic heterocycles. The minimum atomic E-state index is -0.623. The van der Waals surface area contributed by atoms with Gasteiger partial charge in [-0.25, -0.2) is 8.78 Å². The van der Waals surface area contributed by atoms with E-state index in [2.05, 4.69) is 5.16 Å². The molecule has 2 aliphatic carbocycles. The quantitative estimate of drug-likeness (QED) is 0.909. The Morgan fingerprint density at radius 2 is 1.75 bits per heavy atom. The second-order valence-electron chi connectivity index (χ2n) is 5.75. The summed E-state index contributed by atoms with van der Waals surface area (Å²) in [6.45, 7) is 0. The fourth-order valence-electron chi connectivity index (χ4n) is 3.74. The van der Waals surface area contributed by atoms with Gasteiger partial charge in [-0.1, -0.05) is 11.6 Å². The Labute approximate surface area is 114 Å². The summed E-state index contributed by atoms with van der Waals surface area (Å²) in [5.74, 6) is 1.22. The van der Waals surface area contributed by atoms with Crippen LogP contribution >= 0.6 is 0 Å². The summed E-state index contributed by atoms with van der Waals surface area (Å²) in [5, 5.41) is 3.80. The molecule has 1 aromatic carbocycles. The molecule has 0 bridgehead atoms. The van der Waals surface area contributed by atoms with Crippen molar-refractivity contribution >= 4 is 5.82 Å². The van der Waals surface area contributed by atoms with E-state index in [-0.39, 0.29) is 5.82 Å². The highest BCUT2D eigenvalue weighted by Crippen LogP contribution is 2.64. The first kappa shape index (κ1) is 11.9. The van der Waals surface area contributed by atoms with Gasteiger partial charge in [-0.15, -0.1) is 0 Å². The number of hydrogen-bond acceptors (Lipinski definition) is 3. The van der Waals surface area contributed by atoms with Gasteiger partial charge in [-0.2, -0.15) is 0 Å². The van der Waals surface area contributed by atoms with Crippen molar-refractivity contribution in [3.8, 4) is 11.1 Å². The lowest BCUT2D eigenvalue weighted by Crippen LogP contribution is -1.94. The third kappa shape index (κ3) is 1.65. The van der Waals surface area contributed by atoms with Crippen LogP contribution in [0.2, 0.25) is 0 Å². The molecule has 2 saturated carbocycles. The number of halogens is 2. The molecule has 0 amide bonds. The maximum Gasteiger partial charge on any atom is 0.175 e. The zero-order valence-electron chi connectivity index (χ0n) is 10.8. The maximum atomic E-state index is 13.4. The highest BCUT2D eigenvalue weighted by molar-refractivity contribution is 5.76. The van der Waals surface area contributed by atoms with Crippen LogP contribution in [-0.2, 0) is 0 Å². The molecule has 4 rings (SSSR count). The van der Waals surface area contributed by atoms with E-state index in [1.54, 1.807) is 0 Å². The van der Waals surface area contributed by atoms with Crippen molar-refractivity contribution in [3.63, 3.8) is 0 Å². The normalized spacial score (nSPS) is 27.6. The second-order valence-corrected chi connectivity index (χ2v) is 5.75. The lowest BCUT2D eigenvalue weighted by atomic mass is 10.00. The minimum Gasteiger partial charge on any atom is -0.380 e. The molecule has 1 heterocycles. The van der Waals surface area contributed by atoms with Gasteiger partial charge in [-0.3, -0.25) is 0 Å². The number of fused-ring (bicyclic) bond motifs is 1. The van der Waals surface area contributed by atoms with Gasteiger partial charge >= 0.3 is 0 Å². The largest absolute Gasteiger partial charge is 0.380 e. The number of nitrogen functional groups attached to an aromatic ring is 1. The third-order valence-electron chi connectivity index (χ3n) is 4.61. The average molecular weight is 276 g/mol.